The molecule has 2 N–H and O–H groups in total. The molecule has 0 spiro atoms. The van der Waals surface area contributed by atoms with Crippen molar-refractivity contribution in [1.82, 2.24) is 14.8 Å². The van der Waals surface area contributed by atoms with Crippen molar-refractivity contribution in [3.05, 3.63) is 95.1 Å². The van der Waals surface area contributed by atoms with Gasteiger partial charge in [0.15, 0.2) is 0 Å². The van der Waals surface area contributed by atoms with Gasteiger partial charge in [-0.1, -0.05) is 36.4 Å². The Labute approximate surface area is 249 Å². The highest BCUT2D eigenvalue weighted by Gasteiger charge is 2.33. The number of hydrogen-bond acceptors (Lipinski definition) is 5. The number of aliphatic hydroxyl groups is 1. The molecule has 2 aliphatic rings. The van der Waals surface area contributed by atoms with Crippen molar-refractivity contribution < 1.29 is 23.1 Å². The molecule has 0 radical (unpaired) electrons. The fourth-order valence-corrected chi connectivity index (χ4v) is 6.24. The molecule has 9 heteroatoms. The van der Waals surface area contributed by atoms with Gasteiger partial charge in [-0.05, 0) is 97.4 Å². The number of pyridine rings is 1. The van der Waals surface area contributed by atoms with Crippen LogP contribution in [-0.2, 0) is 19.3 Å². The Hall–Kier alpha value is -3.95. The summed E-state index contributed by atoms with van der Waals surface area (Å²) in [6, 6.07) is 20.5. The molecule has 0 unspecified atom stereocenters. The molecule has 6 rings (SSSR count). The summed E-state index contributed by atoms with van der Waals surface area (Å²) in [7, 11) is 0. The Morgan fingerprint density at radius 1 is 0.907 bits per heavy atom. The Balaban J connectivity index is 1.33. The van der Waals surface area contributed by atoms with Crippen molar-refractivity contribution in [2.75, 3.05) is 31.5 Å². The molecule has 43 heavy (non-hydrogen) atoms. The van der Waals surface area contributed by atoms with Gasteiger partial charge in [0.1, 0.15) is 5.82 Å². The van der Waals surface area contributed by atoms with E-state index in [-0.39, 0.29) is 25.1 Å². The van der Waals surface area contributed by atoms with Crippen LogP contribution in [0.15, 0.2) is 72.8 Å². The number of nitrogens with zero attached hydrogens (tertiary/aromatic N) is 3. The monoisotopic (exact) mass is 588 g/mol. The summed E-state index contributed by atoms with van der Waals surface area (Å²) in [4.78, 5) is 23.5. The number of halogens is 3. The fourth-order valence-electron chi connectivity index (χ4n) is 6.24. The van der Waals surface area contributed by atoms with Crippen LogP contribution in [0.25, 0.3) is 22.0 Å². The second-order valence-corrected chi connectivity index (χ2v) is 11.5. The van der Waals surface area contributed by atoms with Gasteiger partial charge in [-0.25, -0.2) is 4.98 Å². The average molecular weight is 589 g/mol. The molecule has 2 fully saturated rings. The van der Waals surface area contributed by atoms with E-state index in [9.17, 15) is 23.1 Å². The topological polar surface area (TPSA) is 68.7 Å². The van der Waals surface area contributed by atoms with E-state index in [1.54, 1.807) is 6.07 Å². The summed E-state index contributed by atoms with van der Waals surface area (Å²) >= 11 is 0. The zero-order chi connectivity index (χ0) is 30.0. The average Bonchev–Trinajstić information content (AvgIpc) is 3.71. The van der Waals surface area contributed by atoms with E-state index in [1.165, 1.54) is 25.0 Å². The Morgan fingerprint density at radius 3 is 2.42 bits per heavy atom. The molecule has 6 nitrogen and oxygen atoms in total. The summed E-state index contributed by atoms with van der Waals surface area (Å²) in [5.74, 6) is 0.453. The number of alkyl halides is 3. The van der Waals surface area contributed by atoms with Crippen molar-refractivity contribution in [3.63, 3.8) is 0 Å². The Morgan fingerprint density at radius 2 is 1.67 bits per heavy atom. The molecule has 1 amide bonds. The number of anilines is 1. The van der Waals surface area contributed by atoms with E-state index < -0.39 is 11.7 Å². The fraction of sp³-hybridized carbons (Fsp3) is 0.353. The molecule has 0 bridgehead atoms. The first-order valence-corrected chi connectivity index (χ1v) is 14.9. The summed E-state index contributed by atoms with van der Waals surface area (Å²) in [5, 5.41) is 13.6. The molecule has 2 aliphatic heterocycles. The van der Waals surface area contributed by atoms with E-state index in [2.05, 4.69) is 10.2 Å². The van der Waals surface area contributed by atoms with Crippen LogP contribution in [0.2, 0.25) is 0 Å². The van der Waals surface area contributed by atoms with Gasteiger partial charge in [0.2, 0.25) is 0 Å². The van der Waals surface area contributed by atoms with Gasteiger partial charge in [-0.15, -0.1) is 0 Å². The maximum absolute atomic E-state index is 14.3. The molecule has 224 valence electrons. The van der Waals surface area contributed by atoms with E-state index in [0.29, 0.717) is 29.0 Å². The van der Waals surface area contributed by atoms with Gasteiger partial charge in [-0.3, -0.25) is 4.79 Å². The molecular weight excluding hydrogens is 553 g/mol. The van der Waals surface area contributed by atoms with Gasteiger partial charge in [0, 0.05) is 31.1 Å². The molecule has 1 aromatic heterocycles. The maximum Gasteiger partial charge on any atom is 0.416 e. The van der Waals surface area contributed by atoms with E-state index in [4.69, 9.17) is 4.98 Å². The largest absolute Gasteiger partial charge is 0.416 e. The standard InChI is InChI=1S/C34H35F3N4O2/c35-34(36,37)27-11-8-23(9-12-27)20-38-32-19-30(33(43)41-16-4-7-28(41)21-40-14-1-2-15-40)29-18-26(10-13-31(29)39-32)25-6-3-5-24(17-25)22-42/h3,5-6,8-13,17-19,28,42H,1-2,4,7,14-16,20-22H2,(H,38,39)/t28-/m0/s1. The minimum absolute atomic E-state index is 0.0343. The van der Waals surface area contributed by atoms with Crippen LogP contribution in [0.4, 0.5) is 19.0 Å². The summed E-state index contributed by atoms with van der Waals surface area (Å²) in [6.45, 7) is 3.93. The van der Waals surface area contributed by atoms with Crippen LogP contribution in [0, 0.1) is 0 Å². The predicted octanol–water partition coefficient (Wildman–Crippen LogP) is 6.73. The number of carbonyl (C=O) groups excluding carboxylic acids is 1. The minimum atomic E-state index is -4.39. The SMILES string of the molecule is O=C(c1cc(NCc2ccc(C(F)(F)F)cc2)nc2ccc(-c3cccc(CO)c3)cc12)N1CCC[C@H]1CN1CCCC1. The number of rotatable bonds is 8. The van der Waals surface area contributed by atoms with Crippen LogP contribution in [-0.4, -0.2) is 58.0 Å². The number of likely N-dealkylation sites (tertiary alicyclic amines) is 2. The van der Waals surface area contributed by atoms with Crippen LogP contribution in [0.5, 0.6) is 0 Å². The minimum Gasteiger partial charge on any atom is -0.392 e. The third-order valence-corrected chi connectivity index (χ3v) is 8.54. The normalized spacial score (nSPS) is 17.6. The zero-order valence-corrected chi connectivity index (χ0v) is 23.9. The molecule has 4 aromatic rings. The summed E-state index contributed by atoms with van der Waals surface area (Å²) < 4.78 is 39.0. The first-order valence-electron chi connectivity index (χ1n) is 14.9. The number of benzene rings is 3. The van der Waals surface area contributed by atoms with Crippen molar-refractivity contribution in [2.24, 2.45) is 0 Å². The predicted molar refractivity (Wildman–Crippen MR) is 162 cm³/mol. The number of nitrogens with one attached hydrogen (secondary N) is 1. The van der Waals surface area contributed by atoms with Crippen molar-refractivity contribution in [3.8, 4) is 11.1 Å². The number of carbonyl (C=O) groups is 1. The molecule has 0 aliphatic carbocycles. The lowest BCUT2D eigenvalue weighted by Crippen LogP contribution is -2.42. The van der Waals surface area contributed by atoms with Gasteiger partial charge < -0.3 is 20.2 Å². The van der Waals surface area contributed by atoms with Gasteiger partial charge >= 0.3 is 6.18 Å². The zero-order valence-electron chi connectivity index (χ0n) is 23.9. The molecule has 1 atom stereocenters. The second-order valence-electron chi connectivity index (χ2n) is 11.5. The lowest BCUT2D eigenvalue weighted by molar-refractivity contribution is -0.137. The van der Waals surface area contributed by atoms with E-state index in [1.807, 2.05) is 47.4 Å². The second kappa shape index (κ2) is 12.3. The van der Waals surface area contributed by atoms with Crippen molar-refractivity contribution >= 4 is 22.6 Å². The molecule has 3 heterocycles. The maximum atomic E-state index is 14.3. The first-order chi connectivity index (χ1) is 20.8. The highest BCUT2D eigenvalue weighted by Crippen LogP contribution is 2.32. The van der Waals surface area contributed by atoms with E-state index in [0.717, 1.165) is 66.7 Å². The number of aromatic nitrogens is 1. The highest BCUT2D eigenvalue weighted by molar-refractivity contribution is 6.08. The lowest BCUT2D eigenvalue weighted by Gasteiger charge is -2.29. The van der Waals surface area contributed by atoms with Gasteiger partial charge in [-0.2, -0.15) is 13.2 Å². The van der Waals surface area contributed by atoms with Crippen LogP contribution >= 0.6 is 0 Å². The van der Waals surface area contributed by atoms with Crippen molar-refractivity contribution in [2.45, 2.75) is 51.1 Å². The molecular formula is C34H35F3N4O2. The Kier molecular flexibility index (Phi) is 8.36. The Bertz CT molecular complexity index is 1600. The smallest absolute Gasteiger partial charge is 0.392 e. The third kappa shape index (κ3) is 6.53. The number of fused-ring (bicyclic) bond motifs is 1. The lowest BCUT2D eigenvalue weighted by atomic mass is 9.98. The number of amides is 1. The molecule has 0 saturated carbocycles. The summed E-state index contributed by atoms with van der Waals surface area (Å²) in [6.07, 6.45) is -0.0513. The first kappa shape index (κ1) is 29.1. The molecule has 3 aromatic carbocycles. The van der Waals surface area contributed by atoms with Crippen LogP contribution in [0.3, 0.4) is 0 Å². The number of aliphatic hydroxyl groups excluding tert-OH is 1. The third-order valence-electron chi connectivity index (χ3n) is 8.54. The van der Waals surface area contributed by atoms with Crippen molar-refractivity contribution in [1.29, 1.82) is 0 Å². The van der Waals surface area contributed by atoms with Gasteiger partial charge in [0.25, 0.3) is 5.91 Å². The summed E-state index contributed by atoms with van der Waals surface area (Å²) in [5.41, 5.74) is 3.83. The highest BCUT2D eigenvalue weighted by atomic mass is 19.4. The van der Waals surface area contributed by atoms with E-state index >= 15 is 0 Å². The van der Waals surface area contributed by atoms with Crippen LogP contribution in [0.1, 0.15) is 52.7 Å². The molecule has 2 saturated heterocycles. The number of hydrogen-bond donors (Lipinski definition) is 2. The van der Waals surface area contributed by atoms with Gasteiger partial charge in [0.05, 0.1) is 23.3 Å². The quantitative estimate of drug-likeness (QED) is 0.239. The van der Waals surface area contributed by atoms with Crippen LogP contribution < -0.4 is 5.32 Å².